The molecular formula is C36H41N5O7S. The molecule has 12 nitrogen and oxygen atoms in total. The van der Waals surface area contributed by atoms with Gasteiger partial charge in [-0.3, -0.25) is 9.59 Å². The number of benzene rings is 1. The molecule has 0 bridgehead atoms. The fourth-order valence-electron chi connectivity index (χ4n) is 7.28. The van der Waals surface area contributed by atoms with Crippen LogP contribution in [0.5, 0.6) is 5.88 Å². The van der Waals surface area contributed by atoms with Crippen molar-refractivity contribution in [2.45, 2.75) is 100 Å². The smallest absolute Gasteiger partial charge is 0.408 e. The lowest BCUT2D eigenvalue weighted by Gasteiger charge is -2.29. The Hall–Kier alpha value is -4.52. The number of carboxylic acid groups (broad SMARTS) is 1. The van der Waals surface area contributed by atoms with E-state index in [9.17, 15) is 24.3 Å². The summed E-state index contributed by atoms with van der Waals surface area (Å²) < 4.78 is 12.2. The largest absolute Gasteiger partial charge is 0.479 e. The van der Waals surface area contributed by atoms with Crippen molar-refractivity contribution in [3.05, 3.63) is 53.9 Å². The predicted octanol–water partition coefficient (Wildman–Crippen LogP) is 5.22. The Balaban J connectivity index is 1.19. The molecule has 1 saturated heterocycles. The van der Waals surface area contributed by atoms with Gasteiger partial charge in [-0.15, -0.1) is 11.3 Å². The van der Waals surface area contributed by atoms with E-state index in [0.717, 1.165) is 49.8 Å². The minimum Gasteiger partial charge on any atom is -0.479 e. The Bertz CT molecular complexity index is 1740. The number of carbonyl (C=O) groups excluding carboxylic acids is 3. The number of hydrogen-bond donors (Lipinski definition) is 3. The number of fused-ring (bicyclic) bond motifs is 3. The molecule has 4 aliphatic rings. The number of ether oxygens (including phenoxy) is 2. The van der Waals surface area contributed by atoms with Crippen molar-refractivity contribution in [3.63, 3.8) is 0 Å². The number of alkyl carbamates (subject to hydrolysis) is 1. The van der Waals surface area contributed by atoms with Crippen molar-refractivity contribution in [1.82, 2.24) is 25.5 Å². The van der Waals surface area contributed by atoms with E-state index in [4.69, 9.17) is 19.4 Å². The summed E-state index contributed by atoms with van der Waals surface area (Å²) in [5.74, 6) is -2.15. The summed E-state index contributed by atoms with van der Waals surface area (Å²) in [6.07, 6.45) is 9.83. The summed E-state index contributed by atoms with van der Waals surface area (Å²) in [7, 11) is 0. The Labute approximate surface area is 288 Å². The van der Waals surface area contributed by atoms with Gasteiger partial charge in [0.1, 0.15) is 35.5 Å². The van der Waals surface area contributed by atoms with Crippen molar-refractivity contribution in [2.24, 2.45) is 5.92 Å². The number of aromatic nitrogens is 2. The van der Waals surface area contributed by atoms with Crippen LogP contribution in [0.2, 0.25) is 0 Å². The van der Waals surface area contributed by atoms with Gasteiger partial charge in [0, 0.05) is 12.3 Å². The average Bonchev–Trinajstić information content (AvgIpc) is 3.58. The Morgan fingerprint density at radius 3 is 2.51 bits per heavy atom. The number of amides is 3. The molecule has 7 rings (SSSR count). The van der Waals surface area contributed by atoms with E-state index >= 15 is 0 Å². The van der Waals surface area contributed by atoms with Gasteiger partial charge in [0.25, 0.3) is 0 Å². The Morgan fingerprint density at radius 2 is 1.76 bits per heavy atom. The zero-order chi connectivity index (χ0) is 34.0. The van der Waals surface area contributed by atoms with Crippen LogP contribution in [0, 0.1) is 5.92 Å². The SMILES string of the molecule is O=C(N[C@@H]1CCCCC/C=C\C2C[C@]2(C(=O)O)NC(=O)[C@@H]2C[C@@H](Oc3nc4ccccc4nc3-c3cccs3)CN2C1=O)OC1CCCC1. The standard InChI is InChI=1S/C36H41N5O7S/c42-31-28-19-24(47-32-30(29-17-10-18-49-29)37-25-14-8-9-15-26(25)38-32)21-41(28)33(43)27(39-35(46)48-23-12-6-7-13-23)16-5-3-1-2-4-11-22-20-36(22,40-31)34(44)45/h4,8-11,14-15,17-18,22-24,27-28H,1-3,5-7,12-13,16,19-21H2,(H,39,46)(H,40,42)(H,44,45)/b11-4-/t22?,24-,27-,28+,36+/m1/s1. The topological polar surface area (TPSA) is 160 Å². The Morgan fingerprint density at radius 1 is 0.980 bits per heavy atom. The van der Waals surface area contributed by atoms with E-state index in [-0.39, 0.29) is 37.3 Å². The molecule has 2 saturated carbocycles. The van der Waals surface area contributed by atoms with Crippen LogP contribution in [-0.4, -0.2) is 80.2 Å². The highest BCUT2D eigenvalue weighted by molar-refractivity contribution is 7.13. The molecule has 2 aromatic heterocycles. The number of nitrogens with one attached hydrogen (secondary N) is 2. The minimum atomic E-state index is -1.43. The summed E-state index contributed by atoms with van der Waals surface area (Å²) >= 11 is 1.50. The third-order valence-electron chi connectivity index (χ3n) is 10.1. The summed E-state index contributed by atoms with van der Waals surface area (Å²) in [6.45, 7) is 0.0363. The third kappa shape index (κ3) is 7.12. The molecule has 2 aliphatic carbocycles. The number of allylic oxidation sites excluding steroid dienone is 1. The number of rotatable bonds is 6. The van der Waals surface area contributed by atoms with Gasteiger partial charge < -0.3 is 30.1 Å². The second-order valence-corrected chi connectivity index (χ2v) is 14.4. The van der Waals surface area contributed by atoms with Crippen LogP contribution < -0.4 is 15.4 Å². The average molecular weight is 688 g/mol. The lowest BCUT2D eigenvalue weighted by atomic mass is 10.0. The zero-order valence-electron chi connectivity index (χ0n) is 27.2. The molecule has 3 amide bonds. The van der Waals surface area contributed by atoms with Gasteiger partial charge in [-0.1, -0.05) is 43.2 Å². The minimum absolute atomic E-state index is 0.0363. The quantitative estimate of drug-likeness (QED) is 0.295. The fraction of sp³-hybridized carbons (Fsp3) is 0.500. The van der Waals surface area contributed by atoms with Crippen molar-refractivity contribution in [3.8, 4) is 16.5 Å². The lowest BCUT2D eigenvalue weighted by Crippen LogP contribution is -2.56. The summed E-state index contributed by atoms with van der Waals surface area (Å²) in [4.78, 5) is 65.8. The van der Waals surface area contributed by atoms with Crippen LogP contribution in [0.3, 0.4) is 0 Å². The number of hydrogen-bond acceptors (Lipinski definition) is 9. The molecule has 258 valence electrons. The van der Waals surface area contributed by atoms with Gasteiger partial charge in [-0.25, -0.2) is 19.6 Å². The van der Waals surface area contributed by atoms with Gasteiger partial charge >= 0.3 is 12.1 Å². The first-order valence-electron chi connectivity index (χ1n) is 17.3. The van der Waals surface area contributed by atoms with Crippen molar-refractivity contribution in [2.75, 3.05) is 6.54 Å². The van der Waals surface area contributed by atoms with Crippen LogP contribution in [0.15, 0.2) is 53.9 Å². The molecule has 5 atom stereocenters. The lowest BCUT2D eigenvalue weighted by molar-refractivity contribution is -0.145. The monoisotopic (exact) mass is 687 g/mol. The number of para-hydroxylation sites is 2. The normalized spacial score (nSPS) is 28.4. The second-order valence-electron chi connectivity index (χ2n) is 13.5. The van der Waals surface area contributed by atoms with Crippen LogP contribution in [-0.2, 0) is 19.1 Å². The zero-order valence-corrected chi connectivity index (χ0v) is 28.0. The molecule has 0 radical (unpaired) electrons. The van der Waals surface area contributed by atoms with Crippen molar-refractivity contribution < 1.29 is 33.8 Å². The van der Waals surface area contributed by atoms with E-state index < -0.39 is 47.6 Å². The van der Waals surface area contributed by atoms with Gasteiger partial charge in [0.2, 0.25) is 17.7 Å². The van der Waals surface area contributed by atoms with Crippen LogP contribution in [0.4, 0.5) is 4.79 Å². The molecule has 3 N–H and O–H groups in total. The number of carboxylic acids is 1. The van der Waals surface area contributed by atoms with E-state index in [1.165, 1.54) is 16.2 Å². The molecule has 49 heavy (non-hydrogen) atoms. The molecule has 1 unspecified atom stereocenters. The molecule has 13 heteroatoms. The molecule has 1 aromatic carbocycles. The highest BCUT2D eigenvalue weighted by Crippen LogP contribution is 2.45. The van der Waals surface area contributed by atoms with E-state index in [2.05, 4.69) is 10.6 Å². The molecular weight excluding hydrogens is 646 g/mol. The van der Waals surface area contributed by atoms with Crippen LogP contribution in [0.1, 0.15) is 70.6 Å². The number of thiophene rings is 1. The van der Waals surface area contributed by atoms with Gasteiger partial charge in [-0.2, -0.15) is 0 Å². The van der Waals surface area contributed by atoms with Crippen LogP contribution in [0.25, 0.3) is 21.6 Å². The van der Waals surface area contributed by atoms with Crippen LogP contribution >= 0.6 is 11.3 Å². The van der Waals surface area contributed by atoms with Crippen molar-refractivity contribution >= 4 is 46.2 Å². The maximum atomic E-state index is 14.4. The van der Waals surface area contributed by atoms with Gasteiger partial charge in [-0.05, 0) is 74.9 Å². The second kappa shape index (κ2) is 14.1. The van der Waals surface area contributed by atoms with E-state index in [1.54, 1.807) is 0 Å². The Kier molecular flexibility index (Phi) is 9.53. The maximum Gasteiger partial charge on any atom is 0.408 e. The molecule has 3 fully saturated rings. The summed E-state index contributed by atoms with van der Waals surface area (Å²) in [6, 6.07) is 9.37. The van der Waals surface area contributed by atoms with E-state index in [0.29, 0.717) is 29.6 Å². The number of carbonyl (C=O) groups is 4. The van der Waals surface area contributed by atoms with Gasteiger partial charge in [0.05, 0.1) is 22.5 Å². The maximum absolute atomic E-state index is 14.4. The number of nitrogens with zero attached hydrogens (tertiary/aromatic N) is 3. The highest BCUT2D eigenvalue weighted by atomic mass is 32.1. The molecule has 0 spiro atoms. The molecule has 3 aromatic rings. The predicted molar refractivity (Wildman–Crippen MR) is 182 cm³/mol. The highest BCUT2D eigenvalue weighted by Gasteiger charge is 2.61. The number of aliphatic carboxylic acids is 1. The van der Waals surface area contributed by atoms with E-state index in [1.807, 2.05) is 53.9 Å². The molecule has 2 aliphatic heterocycles. The summed E-state index contributed by atoms with van der Waals surface area (Å²) in [5.41, 5.74) is 0.471. The van der Waals surface area contributed by atoms with Crippen molar-refractivity contribution in [1.29, 1.82) is 0 Å². The first kappa shape index (κ1) is 33.0. The fourth-order valence-corrected chi connectivity index (χ4v) is 7.98. The first-order valence-corrected chi connectivity index (χ1v) is 18.2. The first-order chi connectivity index (χ1) is 23.8. The van der Waals surface area contributed by atoms with Gasteiger partial charge in [0.15, 0.2) is 0 Å². The third-order valence-corrected chi connectivity index (χ3v) is 10.9. The summed E-state index contributed by atoms with van der Waals surface area (Å²) in [5, 5.41) is 17.7. The molecule has 4 heterocycles.